The molecule has 2 amide bonds. The third-order valence-corrected chi connectivity index (χ3v) is 5.67. The van der Waals surface area contributed by atoms with Crippen molar-refractivity contribution in [1.82, 2.24) is 5.32 Å². The summed E-state index contributed by atoms with van der Waals surface area (Å²) in [5.74, 6) is -1.31. The van der Waals surface area contributed by atoms with Gasteiger partial charge in [0.25, 0.3) is 5.91 Å². The minimum absolute atomic E-state index is 0.163. The third kappa shape index (κ3) is 4.03. The van der Waals surface area contributed by atoms with Crippen LogP contribution in [0, 0.1) is 17.1 Å². The first kappa shape index (κ1) is 19.9. The van der Waals surface area contributed by atoms with Crippen LogP contribution >= 0.6 is 23.4 Å². The number of carbonyl (C=O) groups is 2. The number of thioether (sulfide) groups is 1. The van der Waals surface area contributed by atoms with Crippen molar-refractivity contribution in [3.63, 3.8) is 0 Å². The van der Waals surface area contributed by atoms with E-state index in [-0.39, 0.29) is 16.5 Å². The molecule has 2 aromatic carbocycles. The van der Waals surface area contributed by atoms with E-state index in [2.05, 4.69) is 5.32 Å². The Morgan fingerprint density at radius 3 is 2.46 bits per heavy atom. The molecule has 0 unspecified atom stereocenters. The first-order valence-electron chi connectivity index (χ1n) is 8.31. The molecule has 1 aliphatic rings. The van der Waals surface area contributed by atoms with Gasteiger partial charge in [0.2, 0.25) is 5.91 Å². The number of anilines is 1. The van der Waals surface area contributed by atoms with Gasteiger partial charge in [-0.2, -0.15) is 5.26 Å². The van der Waals surface area contributed by atoms with Crippen molar-refractivity contribution in [2.75, 3.05) is 11.9 Å². The molecule has 2 aromatic rings. The van der Waals surface area contributed by atoms with E-state index in [1.807, 2.05) is 18.2 Å². The fourth-order valence-electron chi connectivity index (χ4n) is 2.77. The van der Waals surface area contributed by atoms with Gasteiger partial charge in [-0.1, -0.05) is 35.5 Å². The fourth-order valence-corrected chi connectivity index (χ4v) is 4.21. The van der Waals surface area contributed by atoms with Crippen molar-refractivity contribution in [1.29, 1.82) is 5.26 Å². The van der Waals surface area contributed by atoms with Crippen molar-refractivity contribution in [2.45, 2.75) is 11.7 Å². The Hall–Kier alpha value is -2.82. The Labute approximate surface area is 170 Å². The summed E-state index contributed by atoms with van der Waals surface area (Å²) >= 11 is 7.06. The third-order valence-electron chi connectivity index (χ3n) is 4.15. The molecule has 3 rings (SSSR count). The predicted octanol–water partition coefficient (Wildman–Crippen LogP) is 3.65. The number of amides is 2. The van der Waals surface area contributed by atoms with Crippen molar-refractivity contribution in [3.05, 3.63) is 75.5 Å². The highest BCUT2D eigenvalue weighted by Crippen LogP contribution is 2.41. The minimum Gasteiger partial charge on any atom is -0.354 e. The number of likely N-dealkylation sites (N-methyl/N-ethyl adjacent to an activating group) is 1. The lowest BCUT2D eigenvalue weighted by molar-refractivity contribution is -0.117. The van der Waals surface area contributed by atoms with Crippen molar-refractivity contribution >= 4 is 40.9 Å². The zero-order chi connectivity index (χ0) is 20.3. The lowest BCUT2D eigenvalue weighted by Crippen LogP contribution is -2.31. The number of hydrogen-bond acceptors (Lipinski definition) is 4. The second-order valence-electron chi connectivity index (χ2n) is 5.96. The Morgan fingerprint density at radius 1 is 1.25 bits per heavy atom. The number of hydrogen-bond donors (Lipinski definition) is 1. The summed E-state index contributed by atoms with van der Waals surface area (Å²) in [5.41, 5.74) is 1.13. The summed E-state index contributed by atoms with van der Waals surface area (Å²) in [5, 5.41) is 12.2. The summed E-state index contributed by atoms with van der Waals surface area (Å²) in [6.07, 6.45) is 0.397. The monoisotopic (exact) mass is 415 g/mol. The van der Waals surface area contributed by atoms with Gasteiger partial charge in [0, 0.05) is 17.8 Å². The first-order chi connectivity index (χ1) is 13.4. The maximum absolute atomic E-state index is 13.3. The molecule has 0 radical (unpaired) electrons. The van der Waals surface area contributed by atoms with Gasteiger partial charge in [0.05, 0.1) is 5.25 Å². The van der Waals surface area contributed by atoms with Crippen LogP contribution in [0.25, 0.3) is 0 Å². The molecule has 142 valence electrons. The van der Waals surface area contributed by atoms with Gasteiger partial charge in [-0.05, 0) is 48.4 Å². The van der Waals surface area contributed by atoms with E-state index >= 15 is 0 Å². The highest BCUT2D eigenvalue weighted by molar-refractivity contribution is 8.05. The van der Waals surface area contributed by atoms with E-state index in [1.54, 1.807) is 12.1 Å². The Kier molecular flexibility index (Phi) is 6.02. The van der Waals surface area contributed by atoms with E-state index in [0.717, 1.165) is 17.3 Å². The van der Waals surface area contributed by atoms with Gasteiger partial charge < -0.3 is 5.32 Å². The van der Waals surface area contributed by atoms with Crippen LogP contribution in [0.4, 0.5) is 10.1 Å². The molecule has 0 aliphatic carbocycles. The minimum atomic E-state index is -0.586. The molecular weight excluding hydrogens is 401 g/mol. The summed E-state index contributed by atoms with van der Waals surface area (Å²) in [4.78, 5) is 26.6. The van der Waals surface area contributed by atoms with Gasteiger partial charge in [0.1, 0.15) is 22.5 Å². The largest absolute Gasteiger partial charge is 0.354 e. The fraction of sp³-hybridized carbons (Fsp3) is 0.150. The topological polar surface area (TPSA) is 73.2 Å². The molecule has 1 saturated heterocycles. The van der Waals surface area contributed by atoms with E-state index < -0.39 is 17.0 Å². The maximum Gasteiger partial charge on any atom is 0.264 e. The molecule has 1 atom stereocenters. The van der Waals surface area contributed by atoms with Crippen LogP contribution in [0.3, 0.4) is 0 Å². The van der Waals surface area contributed by atoms with Crippen LogP contribution < -0.4 is 10.2 Å². The molecule has 1 heterocycles. The van der Waals surface area contributed by atoms with Crippen molar-refractivity contribution in [2.24, 2.45) is 0 Å². The second-order valence-corrected chi connectivity index (χ2v) is 7.59. The molecule has 1 fully saturated rings. The smallest absolute Gasteiger partial charge is 0.264 e. The predicted molar refractivity (Wildman–Crippen MR) is 107 cm³/mol. The number of nitriles is 1. The Morgan fingerprint density at radius 2 is 1.89 bits per heavy atom. The van der Waals surface area contributed by atoms with E-state index in [4.69, 9.17) is 11.6 Å². The Balaban J connectivity index is 2.03. The second kappa shape index (κ2) is 8.46. The molecule has 1 aliphatic heterocycles. The summed E-state index contributed by atoms with van der Waals surface area (Å²) in [6.45, 7) is 0. The van der Waals surface area contributed by atoms with Crippen LogP contribution in [-0.2, 0) is 16.0 Å². The molecule has 28 heavy (non-hydrogen) atoms. The molecular formula is C20H15ClFN3O2S. The molecule has 1 N–H and O–H groups in total. The maximum atomic E-state index is 13.3. The van der Waals surface area contributed by atoms with Gasteiger partial charge >= 0.3 is 0 Å². The average molecular weight is 416 g/mol. The zero-order valence-corrected chi connectivity index (χ0v) is 16.4. The van der Waals surface area contributed by atoms with Gasteiger partial charge in [-0.15, -0.1) is 0 Å². The van der Waals surface area contributed by atoms with E-state index in [0.29, 0.717) is 17.1 Å². The lowest BCUT2D eigenvalue weighted by atomic mass is 10.1. The SMILES string of the molecule is CNC(=O)/C(C#N)=C1\S[C@H](Cc2ccc(Cl)cc2)C(=O)N1c1ccc(F)cc1. The quantitative estimate of drug-likeness (QED) is 0.611. The van der Waals surface area contributed by atoms with E-state index in [9.17, 15) is 19.2 Å². The van der Waals surface area contributed by atoms with Crippen molar-refractivity contribution in [3.8, 4) is 6.07 Å². The molecule has 0 spiro atoms. The lowest BCUT2D eigenvalue weighted by Gasteiger charge is -2.18. The number of nitrogens with one attached hydrogen (secondary N) is 1. The van der Waals surface area contributed by atoms with Gasteiger partial charge in [0.15, 0.2) is 0 Å². The molecule has 0 saturated carbocycles. The first-order valence-corrected chi connectivity index (χ1v) is 9.57. The number of nitrogens with zero attached hydrogens (tertiary/aromatic N) is 2. The Bertz CT molecular complexity index is 984. The summed E-state index contributed by atoms with van der Waals surface area (Å²) in [7, 11) is 1.41. The summed E-state index contributed by atoms with van der Waals surface area (Å²) in [6, 6.07) is 14.3. The van der Waals surface area contributed by atoms with Crippen LogP contribution in [0.15, 0.2) is 59.1 Å². The molecule has 5 nitrogen and oxygen atoms in total. The highest BCUT2D eigenvalue weighted by Gasteiger charge is 2.40. The number of benzene rings is 2. The highest BCUT2D eigenvalue weighted by atomic mass is 35.5. The molecule has 8 heteroatoms. The van der Waals surface area contributed by atoms with Gasteiger partial charge in [-0.3, -0.25) is 14.5 Å². The molecule has 0 aromatic heterocycles. The van der Waals surface area contributed by atoms with Crippen LogP contribution in [0.5, 0.6) is 0 Å². The van der Waals surface area contributed by atoms with Crippen LogP contribution in [-0.4, -0.2) is 24.1 Å². The van der Waals surface area contributed by atoms with E-state index in [1.165, 1.54) is 36.2 Å². The van der Waals surface area contributed by atoms with Gasteiger partial charge in [-0.25, -0.2) is 4.39 Å². The number of carbonyl (C=O) groups excluding carboxylic acids is 2. The standard InChI is InChI=1S/C20H15ClFN3O2S/c1-24-18(26)16(11-23)20-25(15-8-6-14(22)7-9-15)19(27)17(28-20)10-12-2-4-13(21)5-3-12/h2-9,17H,10H2,1H3,(H,24,26)/b20-16-/t17-/m1/s1. The number of rotatable bonds is 4. The summed E-state index contributed by atoms with van der Waals surface area (Å²) < 4.78 is 13.3. The normalized spacial score (nSPS) is 18.0. The zero-order valence-electron chi connectivity index (χ0n) is 14.8. The number of halogens is 2. The van der Waals surface area contributed by atoms with Crippen LogP contribution in [0.2, 0.25) is 5.02 Å². The van der Waals surface area contributed by atoms with Crippen molar-refractivity contribution < 1.29 is 14.0 Å². The average Bonchev–Trinajstić information content (AvgIpc) is 3.00. The molecule has 0 bridgehead atoms. The van der Waals surface area contributed by atoms with Crippen LogP contribution in [0.1, 0.15) is 5.56 Å².